The maximum absolute atomic E-state index is 2.35. The van der Waals surface area contributed by atoms with Crippen molar-refractivity contribution in [1.82, 2.24) is 0 Å². The third-order valence-corrected chi connectivity index (χ3v) is 10.2. The molecule has 0 nitrogen and oxygen atoms in total. The zero-order valence-corrected chi connectivity index (χ0v) is 17.6. The van der Waals surface area contributed by atoms with Crippen molar-refractivity contribution in [2.24, 2.45) is 0 Å². The zero-order chi connectivity index (χ0) is 18.6. The molecule has 4 aromatic rings. The maximum atomic E-state index is 2.35. The molecule has 0 aliphatic rings. The molecule has 0 saturated heterocycles. The number of hydrogen-bond donors (Lipinski definition) is 0. The molecule has 0 atom stereocenters. The molecule has 0 amide bonds. The van der Waals surface area contributed by atoms with Crippen molar-refractivity contribution >= 4 is 27.7 Å². The Bertz CT molecular complexity index is 976. The summed E-state index contributed by atoms with van der Waals surface area (Å²) in [7, 11) is 0. The topological polar surface area (TPSA) is 0 Å². The van der Waals surface area contributed by atoms with Crippen LogP contribution in [0.25, 0.3) is 11.1 Å². The molecule has 1 heteroatoms. The van der Waals surface area contributed by atoms with E-state index in [1.165, 1.54) is 35.3 Å². The number of rotatable bonds is 4. The van der Waals surface area contributed by atoms with Gasteiger partial charge in [-0.3, -0.25) is 0 Å². The summed E-state index contributed by atoms with van der Waals surface area (Å²) in [4.78, 5) is 0. The Hall–Kier alpha value is -2.56. The van der Waals surface area contributed by atoms with Crippen LogP contribution in [-0.2, 0) is 0 Å². The summed E-state index contributed by atoms with van der Waals surface area (Å²) in [5, 5.41) is 0. The van der Waals surface area contributed by atoms with Crippen molar-refractivity contribution in [2.75, 3.05) is 0 Å². The van der Waals surface area contributed by atoms with Gasteiger partial charge >= 0.3 is 167 Å². The first-order valence-corrected chi connectivity index (χ1v) is 12.1. The van der Waals surface area contributed by atoms with Crippen LogP contribution >= 0.6 is 0 Å². The van der Waals surface area contributed by atoms with E-state index in [-0.39, 0.29) is 0 Å². The molecule has 0 aliphatic heterocycles. The number of hydrogen-bond acceptors (Lipinski definition) is 0. The van der Waals surface area contributed by atoms with Gasteiger partial charge in [-0.05, 0) is 0 Å². The molecule has 0 saturated carbocycles. The molecule has 0 spiro atoms. The van der Waals surface area contributed by atoms with Gasteiger partial charge in [0.2, 0.25) is 0 Å². The summed E-state index contributed by atoms with van der Waals surface area (Å²) in [5.74, 6) is 0. The Morgan fingerprint density at radius 1 is 0.481 bits per heavy atom. The average molecular weight is 410 g/mol. The molecule has 0 fully saturated rings. The van der Waals surface area contributed by atoms with E-state index in [1.54, 1.807) is 0 Å². The Morgan fingerprint density at radius 2 is 0.963 bits per heavy atom. The molecule has 0 N–H and O–H groups in total. The fourth-order valence-electron chi connectivity index (χ4n) is 3.70. The first-order chi connectivity index (χ1) is 13.3. The van der Waals surface area contributed by atoms with Gasteiger partial charge in [-0.15, -0.1) is 0 Å². The van der Waals surface area contributed by atoms with Gasteiger partial charge in [-0.2, -0.15) is 0 Å². The zero-order valence-electron chi connectivity index (χ0n) is 15.8. The first kappa shape index (κ1) is 17.8. The van der Waals surface area contributed by atoms with Gasteiger partial charge in [-0.25, -0.2) is 0 Å². The quantitative estimate of drug-likeness (QED) is 0.435. The third kappa shape index (κ3) is 3.63. The van der Waals surface area contributed by atoms with Crippen molar-refractivity contribution in [3.05, 3.63) is 114 Å². The van der Waals surface area contributed by atoms with E-state index in [9.17, 15) is 0 Å². The molecule has 0 aromatic heterocycles. The third-order valence-electron chi connectivity index (χ3n) is 4.92. The Labute approximate surface area is 166 Å². The van der Waals surface area contributed by atoms with E-state index < -0.39 is 14.7 Å². The summed E-state index contributed by atoms with van der Waals surface area (Å²) in [6.07, 6.45) is 0. The van der Waals surface area contributed by atoms with E-state index in [2.05, 4.69) is 117 Å². The van der Waals surface area contributed by atoms with Crippen LogP contribution in [0.1, 0.15) is 11.1 Å². The summed E-state index contributed by atoms with van der Waals surface area (Å²) in [6.45, 7) is 4.45. The van der Waals surface area contributed by atoms with Gasteiger partial charge in [0.15, 0.2) is 0 Å². The summed E-state index contributed by atoms with van der Waals surface area (Å²) in [6, 6.07) is 37.7. The van der Waals surface area contributed by atoms with E-state index in [0.717, 1.165) is 0 Å². The molecule has 27 heavy (non-hydrogen) atoms. The minimum atomic E-state index is -1.65. The van der Waals surface area contributed by atoms with Crippen LogP contribution in [0.15, 0.2) is 103 Å². The molecule has 4 aromatic carbocycles. The van der Waals surface area contributed by atoms with Crippen molar-refractivity contribution < 1.29 is 0 Å². The minimum absolute atomic E-state index is 1.34. The predicted octanol–water partition coefficient (Wildman–Crippen LogP) is 4.49. The molecule has 132 valence electrons. The molecular weight excluding hydrogens is 387 g/mol. The molecule has 4 rings (SSSR count). The van der Waals surface area contributed by atoms with Crippen LogP contribution in [0.4, 0.5) is 0 Å². The predicted molar refractivity (Wildman–Crippen MR) is 119 cm³/mol. The van der Waals surface area contributed by atoms with E-state index >= 15 is 0 Å². The van der Waals surface area contributed by atoms with Crippen LogP contribution in [0.5, 0.6) is 0 Å². The van der Waals surface area contributed by atoms with Gasteiger partial charge < -0.3 is 0 Å². The normalized spacial score (nSPS) is 10.9. The molecule has 0 unspecified atom stereocenters. The SMILES string of the molecule is Cc1cccc(C)c1-c1ccccc1[As](c1ccccc1)c1ccccc1. The van der Waals surface area contributed by atoms with Gasteiger partial charge in [0, 0.05) is 0 Å². The average Bonchev–Trinajstić information content (AvgIpc) is 2.71. The summed E-state index contributed by atoms with van der Waals surface area (Å²) in [5.41, 5.74) is 5.47. The Balaban J connectivity index is 1.98. The van der Waals surface area contributed by atoms with Crippen LogP contribution in [0.3, 0.4) is 0 Å². The molecular formula is C26H23As. The fraction of sp³-hybridized carbons (Fsp3) is 0.0769. The Kier molecular flexibility index (Phi) is 5.28. The standard InChI is InChI=1S/C26H23As/c1-20-12-11-13-21(2)26(20)24-18-9-10-19-25(24)27(22-14-5-3-6-15-22)23-16-7-4-8-17-23/h3-19H,1-2H3. The van der Waals surface area contributed by atoms with Crippen LogP contribution < -0.4 is 13.1 Å². The summed E-state index contributed by atoms with van der Waals surface area (Å²) < 4.78 is 4.43. The van der Waals surface area contributed by atoms with Gasteiger partial charge in [-0.1, -0.05) is 0 Å². The van der Waals surface area contributed by atoms with Crippen molar-refractivity contribution in [3.63, 3.8) is 0 Å². The van der Waals surface area contributed by atoms with E-state index in [0.29, 0.717) is 0 Å². The van der Waals surface area contributed by atoms with Crippen molar-refractivity contribution in [1.29, 1.82) is 0 Å². The number of benzene rings is 4. The monoisotopic (exact) mass is 410 g/mol. The second kappa shape index (κ2) is 7.99. The first-order valence-electron chi connectivity index (χ1n) is 9.31. The van der Waals surface area contributed by atoms with Crippen LogP contribution in [-0.4, -0.2) is 14.7 Å². The van der Waals surface area contributed by atoms with Crippen molar-refractivity contribution in [2.45, 2.75) is 13.8 Å². The number of aryl methyl sites for hydroxylation is 2. The summed E-state index contributed by atoms with van der Waals surface area (Å²) >= 11 is -1.65. The van der Waals surface area contributed by atoms with Gasteiger partial charge in [0.25, 0.3) is 0 Å². The van der Waals surface area contributed by atoms with Gasteiger partial charge in [0.05, 0.1) is 0 Å². The van der Waals surface area contributed by atoms with E-state index in [1.807, 2.05) is 0 Å². The molecule has 0 heterocycles. The van der Waals surface area contributed by atoms with Crippen LogP contribution in [0, 0.1) is 13.8 Å². The Morgan fingerprint density at radius 3 is 1.52 bits per heavy atom. The molecule has 0 aliphatic carbocycles. The second-order valence-corrected chi connectivity index (χ2v) is 11.4. The van der Waals surface area contributed by atoms with Crippen molar-refractivity contribution in [3.8, 4) is 11.1 Å². The second-order valence-electron chi connectivity index (χ2n) is 6.79. The van der Waals surface area contributed by atoms with Gasteiger partial charge in [0.1, 0.15) is 0 Å². The molecule has 0 bridgehead atoms. The molecule has 0 radical (unpaired) electrons. The van der Waals surface area contributed by atoms with E-state index in [4.69, 9.17) is 0 Å². The van der Waals surface area contributed by atoms with Crippen LogP contribution in [0.2, 0.25) is 0 Å². The fourth-order valence-corrected chi connectivity index (χ4v) is 8.86.